The minimum Gasteiger partial charge on any atom is -0.310 e. The van der Waals surface area contributed by atoms with Gasteiger partial charge in [0, 0.05) is 49.2 Å². The molecule has 0 radical (unpaired) electrons. The fraction of sp³-hybridized carbons (Fsp3) is 0.182. The third-order valence-corrected chi connectivity index (χ3v) is 16.7. The van der Waals surface area contributed by atoms with Crippen LogP contribution in [0, 0.1) is 0 Å². The van der Waals surface area contributed by atoms with Crippen molar-refractivity contribution in [3.8, 4) is 11.4 Å². The zero-order valence-electron chi connectivity index (χ0n) is 41.0. The first kappa shape index (κ1) is 39.6. The van der Waals surface area contributed by atoms with Gasteiger partial charge in [-0.3, -0.25) is 0 Å². The molecule has 0 aliphatic carbocycles. The second-order valence-electron chi connectivity index (χ2n) is 23.7. The number of hydrogen-bond donors (Lipinski definition) is 0. The molecule has 0 amide bonds. The maximum absolute atomic E-state index is 2.73. The minimum atomic E-state index is -0.110. The van der Waals surface area contributed by atoms with Gasteiger partial charge < -0.3 is 9.13 Å². The summed E-state index contributed by atoms with van der Waals surface area (Å²) >= 11 is 0. The van der Waals surface area contributed by atoms with Gasteiger partial charge in [-0.05, 0) is 140 Å². The molecule has 4 heterocycles. The Morgan fingerprint density at radius 3 is 1.28 bits per heavy atom. The van der Waals surface area contributed by atoms with E-state index in [4.69, 9.17) is 0 Å². The van der Waals surface area contributed by atoms with Gasteiger partial charge in [0.15, 0.2) is 0 Å². The lowest BCUT2D eigenvalue weighted by Gasteiger charge is -2.36. The highest BCUT2D eigenvalue weighted by atomic mass is 15.0. The number of nitrogens with zero attached hydrogens (tertiary/aromatic N) is 2. The summed E-state index contributed by atoms with van der Waals surface area (Å²) in [5, 5.41) is 21.2. The van der Waals surface area contributed by atoms with Gasteiger partial charge >= 0.3 is 0 Å². The molecule has 0 unspecified atom stereocenters. The normalized spacial score (nSPS) is 13.8. The quantitative estimate of drug-likeness (QED) is 0.106. The largest absolute Gasteiger partial charge is 0.310 e. The molecule has 2 aromatic heterocycles. The molecule has 3 heteroatoms. The Balaban J connectivity index is 1.26. The molecule has 330 valence electrons. The van der Waals surface area contributed by atoms with E-state index >= 15 is 0 Å². The van der Waals surface area contributed by atoms with Gasteiger partial charge in [0.05, 0.1) is 16.6 Å². The van der Waals surface area contributed by atoms with Crippen molar-refractivity contribution >= 4 is 131 Å². The third kappa shape index (κ3) is 4.98. The average molecular weight is 885 g/mol. The predicted octanol–water partition coefficient (Wildman–Crippen LogP) is 15.8. The van der Waals surface area contributed by atoms with Crippen molar-refractivity contribution in [1.29, 1.82) is 0 Å². The van der Waals surface area contributed by atoms with Crippen LogP contribution in [-0.4, -0.2) is 15.8 Å². The van der Waals surface area contributed by atoms with Crippen molar-refractivity contribution in [1.82, 2.24) is 9.13 Å². The molecular weight excluding hydrogens is 832 g/mol. The molecule has 11 aromatic carbocycles. The first-order valence-corrected chi connectivity index (χ1v) is 25.1. The number of benzene rings is 11. The van der Waals surface area contributed by atoms with Crippen molar-refractivity contribution < 1.29 is 0 Å². The van der Waals surface area contributed by atoms with Crippen LogP contribution in [0.3, 0.4) is 0 Å². The Morgan fingerprint density at radius 2 is 0.725 bits per heavy atom. The van der Waals surface area contributed by atoms with E-state index in [9.17, 15) is 0 Å². The van der Waals surface area contributed by atoms with Gasteiger partial charge in [-0.1, -0.05) is 184 Å². The summed E-state index contributed by atoms with van der Waals surface area (Å²) in [4.78, 5) is 0. The van der Waals surface area contributed by atoms with E-state index in [1.54, 1.807) is 0 Å². The highest BCUT2D eigenvalue weighted by molar-refractivity contribution is 7.00. The molecule has 0 atom stereocenters. The van der Waals surface area contributed by atoms with E-state index in [1.807, 2.05) is 0 Å². The van der Waals surface area contributed by atoms with Crippen molar-refractivity contribution in [2.45, 2.75) is 78.6 Å². The summed E-state index contributed by atoms with van der Waals surface area (Å²) in [5.41, 5.74) is 16.0. The zero-order chi connectivity index (χ0) is 46.8. The van der Waals surface area contributed by atoms with Crippen LogP contribution in [-0.2, 0) is 16.2 Å². The molecule has 0 saturated heterocycles. The molecule has 0 bridgehead atoms. The second-order valence-corrected chi connectivity index (χ2v) is 23.7. The number of aromatic nitrogens is 2. The second kappa shape index (κ2) is 12.8. The molecule has 69 heavy (non-hydrogen) atoms. The molecule has 15 rings (SSSR count). The first-order valence-electron chi connectivity index (χ1n) is 25.1. The van der Waals surface area contributed by atoms with E-state index in [1.165, 1.54) is 153 Å². The van der Waals surface area contributed by atoms with E-state index in [0.717, 1.165) is 0 Å². The highest BCUT2D eigenvalue weighted by Crippen LogP contribution is 2.50. The molecular formula is C66H53BN2. The fourth-order valence-electron chi connectivity index (χ4n) is 13.3. The van der Waals surface area contributed by atoms with Crippen LogP contribution in [0.2, 0.25) is 0 Å². The summed E-state index contributed by atoms with van der Waals surface area (Å²) in [7, 11) is 0. The van der Waals surface area contributed by atoms with Crippen molar-refractivity contribution in [3.63, 3.8) is 0 Å². The first-order chi connectivity index (χ1) is 33.2. The maximum Gasteiger partial charge on any atom is 0.252 e. The van der Waals surface area contributed by atoms with Crippen LogP contribution in [0.4, 0.5) is 0 Å². The zero-order valence-corrected chi connectivity index (χ0v) is 41.0. The van der Waals surface area contributed by atoms with Gasteiger partial charge in [-0.2, -0.15) is 0 Å². The van der Waals surface area contributed by atoms with E-state index < -0.39 is 0 Å². The van der Waals surface area contributed by atoms with Crippen LogP contribution in [0.25, 0.3) is 120 Å². The third-order valence-electron chi connectivity index (χ3n) is 16.7. The van der Waals surface area contributed by atoms with E-state index in [-0.39, 0.29) is 23.0 Å². The Bertz CT molecular complexity index is 4500. The molecule has 0 spiro atoms. The topological polar surface area (TPSA) is 9.86 Å². The molecule has 13 aromatic rings. The highest BCUT2D eigenvalue weighted by Gasteiger charge is 2.43. The Hall–Kier alpha value is -7.36. The molecule has 2 aliphatic rings. The lowest BCUT2D eigenvalue weighted by atomic mass is 9.34. The minimum absolute atomic E-state index is 0.00880. The van der Waals surface area contributed by atoms with Crippen LogP contribution in [0.15, 0.2) is 158 Å². The van der Waals surface area contributed by atoms with E-state index in [0.29, 0.717) is 0 Å². The SMILES string of the molecule is CC(C)(C)c1cc2c3c(c1)-n1c4ccc5c6ccccc6c6ccccc6c5c4c4c5c6ccccc6c6ccccc6c5cc(c41)B3c1cc(C(C)(C)C)cc3c4cc(C(C)(C)C)ccc4n-2c13. The van der Waals surface area contributed by atoms with Crippen molar-refractivity contribution in [3.05, 3.63) is 174 Å². The van der Waals surface area contributed by atoms with Gasteiger partial charge in [0.1, 0.15) is 0 Å². The summed E-state index contributed by atoms with van der Waals surface area (Å²) in [5.74, 6) is 0. The van der Waals surface area contributed by atoms with Gasteiger partial charge in [-0.15, -0.1) is 0 Å². The molecule has 0 fully saturated rings. The maximum atomic E-state index is 2.73. The molecule has 0 saturated carbocycles. The van der Waals surface area contributed by atoms with Gasteiger partial charge in [-0.25, -0.2) is 0 Å². The van der Waals surface area contributed by atoms with Crippen LogP contribution >= 0.6 is 0 Å². The van der Waals surface area contributed by atoms with Crippen LogP contribution in [0.1, 0.15) is 79.0 Å². The smallest absolute Gasteiger partial charge is 0.252 e. The van der Waals surface area contributed by atoms with Crippen LogP contribution in [0.5, 0.6) is 0 Å². The number of fused-ring (bicyclic) bond motifs is 24. The van der Waals surface area contributed by atoms with Crippen LogP contribution < -0.4 is 16.4 Å². The van der Waals surface area contributed by atoms with Gasteiger partial charge in [0.2, 0.25) is 0 Å². The van der Waals surface area contributed by atoms with Gasteiger partial charge in [0.25, 0.3) is 6.71 Å². The standard InChI is InChI=1S/C66H53BN2/c1-64(2,3)36-26-28-53-48(30-36)50-31-37(65(4,5)6)32-51-62(50)68(53)55-33-38(66(7,8)9)34-56-61(55)67(51)52-35-49-44-23-13-11-19-40(44)42-21-15-17-25-46(42)58(49)60-59-54(69(56)63(52)60)29-27-47-43-22-12-10-18-39(43)41-20-14-16-24-45(41)57(47)59/h10-35H,1-9H3. The lowest BCUT2D eigenvalue weighted by Crippen LogP contribution is -2.59. The molecule has 2 aliphatic heterocycles. The van der Waals surface area contributed by atoms with E-state index in [2.05, 4.69) is 229 Å². The average Bonchev–Trinajstić information content (AvgIpc) is 3.87. The molecule has 2 nitrogen and oxygen atoms in total. The Labute approximate surface area is 402 Å². The predicted molar refractivity (Wildman–Crippen MR) is 301 cm³/mol. The summed E-state index contributed by atoms with van der Waals surface area (Å²) in [6.07, 6.45) is 0. The number of hydrogen-bond acceptors (Lipinski definition) is 0. The fourth-order valence-corrected chi connectivity index (χ4v) is 13.3. The van der Waals surface area contributed by atoms with Crippen molar-refractivity contribution in [2.24, 2.45) is 0 Å². The monoisotopic (exact) mass is 884 g/mol. The Kier molecular flexibility index (Phi) is 7.37. The summed E-state index contributed by atoms with van der Waals surface area (Å²) < 4.78 is 5.41. The summed E-state index contributed by atoms with van der Waals surface area (Å²) in [6.45, 7) is 21.4. The lowest BCUT2D eigenvalue weighted by molar-refractivity contribution is 0.589. The number of rotatable bonds is 0. The Morgan fingerprint density at radius 1 is 0.304 bits per heavy atom. The summed E-state index contributed by atoms with van der Waals surface area (Å²) in [6, 6.07) is 61.8. The molecule has 0 N–H and O–H groups in total. The van der Waals surface area contributed by atoms with Crippen molar-refractivity contribution in [2.75, 3.05) is 0 Å².